The molecule has 6 rings (SSSR count). The van der Waals surface area contributed by atoms with Crippen LogP contribution in [0.4, 0.5) is 11.4 Å². The molecular formula is C39H51Cl2N2OP. The number of ether oxygens (including phenoxy) is 1. The van der Waals surface area contributed by atoms with Crippen molar-refractivity contribution in [3.05, 3.63) is 93.3 Å². The smallest absolute Gasteiger partial charge is 0.127 e. The predicted octanol–water partition coefficient (Wildman–Crippen LogP) is 11.8. The molecule has 2 aromatic rings. The lowest BCUT2D eigenvalue weighted by Crippen LogP contribution is -2.30. The van der Waals surface area contributed by atoms with Gasteiger partial charge in [0.15, 0.2) is 0 Å². The Labute approximate surface area is 283 Å². The summed E-state index contributed by atoms with van der Waals surface area (Å²) in [6.45, 7) is 15.9. The lowest BCUT2D eigenvalue weighted by atomic mass is 10.0. The zero-order valence-electron chi connectivity index (χ0n) is 28.4. The highest BCUT2D eigenvalue weighted by Gasteiger charge is 2.56. The van der Waals surface area contributed by atoms with E-state index in [0.29, 0.717) is 17.9 Å². The minimum absolute atomic E-state index is 0.223. The molecule has 0 N–H and O–H groups in total. The third kappa shape index (κ3) is 6.00. The van der Waals surface area contributed by atoms with E-state index >= 15 is 0 Å². The van der Waals surface area contributed by atoms with Gasteiger partial charge in [0.25, 0.3) is 0 Å². The number of hydrogen-bond donors (Lipinski definition) is 0. The highest BCUT2D eigenvalue weighted by molar-refractivity contribution is 7.63. The van der Waals surface area contributed by atoms with E-state index in [1.165, 1.54) is 96.1 Å². The summed E-state index contributed by atoms with van der Waals surface area (Å²) in [5, 5.41) is -0.223. The first-order chi connectivity index (χ1) is 21.5. The van der Waals surface area contributed by atoms with E-state index in [1.54, 1.807) is 0 Å². The summed E-state index contributed by atoms with van der Waals surface area (Å²) in [6.07, 6.45) is 17.8. The molecule has 3 saturated carbocycles. The first kappa shape index (κ1) is 33.0. The number of halogens is 2. The van der Waals surface area contributed by atoms with E-state index in [-0.39, 0.29) is 5.38 Å². The van der Waals surface area contributed by atoms with Crippen molar-refractivity contribution in [1.29, 1.82) is 0 Å². The second-order valence-corrected chi connectivity index (χ2v) is 18.4. The van der Waals surface area contributed by atoms with Crippen LogP contribution in [0.3, 0.4) is 0 Å². The molecule has 0 saturated heterocycles. The maximum Gasteiger partial charge on any atom is 0.127 e. The van der Waals surface area contributed by atoms with Gasteiger partial charge in [-0.05, 0) is 114 Å². The van der Waals surface area contributed by atoms with Gasteiger partial charge in [-0.3, -0.25) is 0 Å². The first-order valence-corrected chi connectivity index (χ1v) is 19.4. The van der Waals surface area contributed by atoms with E-state index < -0.39 is 12.5 Å². The van der Waals surface area contributed by atoms with Crippen LogP contribution in [0.1, 0.15) is 98.1 Å². The summed E-state index contributed by atoms with van der Waals surface area (Å²) in [7, 11) is -0.499. The van der Waals surface area contributed by atoms with Crippen LogP contribution < -0.4 is 9.80 Å². The molecule has 0 bridgehead atoms. The average molecular weight is 666 g/mol. The lowest BCUT2D eigenvalue weighted by Gasteiger charge is -2.42. The monoisotopic (exact) mass is 664 g/mol. The molecule has 0 amide bonds. The van der Waals surface area contributed by atoms with Crippen molar-refractivity contribution in [2.45, 2.75) is 128 Å². The third-order valence-electron chi connectivity index (χ3n) is 10.5. The summed E-state index contributed by atoms with van der Waals surface area (Å²) in [4.78, 5) is 4.78. The first-order valence-electron chi connectivity index (χ1n) is 17.2. The Morgan fingerprint density at radius 2 is 1.20 bits per heavy atom. The Kier molecular flexibility index (Phi) is 9.74. The minimum Gasteiger partial charge on any atom is -0.501 e. The Morgan fingerprint density at radius 1 is 0.778 bits per heavy atom. The van der Waals surface area contributed by atoms with Crippen molar-refractivity contribution in [3.63, 3.8) is 0 Å². The van der Waals surface area contributed by atoms with Crippen LogP contribution in [0.5, 0.6) is 0 Å². The molecule has 0 spiro atoms. The van der Waals surface area contributed by atoms with Crippen molar-refractivity contribution >= 4 is 42.5 Å². The molecule has 242 valence electrons. The topological polar surface area (TPSA) is 15.7 Å². The van der Waals surface area contributed by atoms with Crippen LogP contribution in [-0.2, 0) is 4.74 Å². The van der Waals surface area contributed by atoms with E-state index in [9.17, 15) is 0 Å². The van der Waals surface area contributed by atoms with E-state index in [1.807, 2.05) is 6.26 Å². The Hall–Kier alpha value is -1.93. The van der Waals surface area contributed by atoms with Gasteiger partial charge in [-0.2, -0.15) is 0 Å². The van der Waals surface area contributed by atoms with Gasteiger partial charge >= 0.3 is 0 Å². The van der Waals surface area contributed by atoms with Gasteiger partial charge in [0.2, 0.25) is 0 Å². The van der Waals surface area contributed by atoms with E-state index in [2.05, 4.69) is 94.9 Å². The van der Waals surface area contributed by atoms with Crippen molar-refractivity contribution in [2.24, 2.45) is 0 Å². The van der Waals surface area contributed by atoms with Crippen molar-refractivity contribution in [3.8, 4) is 0 Å². The Morgan fingerprint density at radius 3 is 1.60 bits per heavy atom. The average Bonchev–Trinajstić information content (AvgIpc) is 3.77. The third-order valence-corrected chi connectivity index (χ3v) is 15.7. The summed E-state index contributed by atoms with van der Waals surface area (Å²) in [6, 6.07) is 9.16. The number of aryl methyl sites for hydroxylation is 6. The van der Waals surface area contributed by atoms with Crippen molar-refractivity contribution < 1.29 is 4.74 Å². The molecule has 2 aromatic carbocycles. The summed E-state index contributed by atoms with van der Waals surface area (Å²) in [5.74, 6) is 1.10. The standard InChI is InChI=1S/C39H51Cl2N2OP/c1-8-44-24-33-35(34(40)23-39(33,41)45(31-13-9-10-14-31)32-15-11-12-16-32)38-42(36-27(4)19-25(2)20-28(36)5)17-18-43(38)37-29(6)21-26(3)22-30(37)7/h17-22,24,31-32,34H,8-16,23H2,1-7H3. The number of alkyl halides is 2. The Bertz CT molecular complexity index is 1400. The molecule has 1 aliphatic heterocycles. The summed E-state index contributed by atoms with van der Waals surface area (Å²) < 4.78 is 5.75. The second kappa shape index (κ2) is 13.3. The van der Waals surface area contributed by atoms with Gasteiger partial charge in [0.1, 0.15) is 5.82 Å². The fourth-order valence-electron chi connectivity index (χ4n) is 9.01. The SMILES string of the molecule is CCOC=C1C(=C2N(c3c(C)cc(C)cc3C)C=CN2c2c(C)cc(C)cc2C)C(Cl)CC1(Cl)P(C1CCCC1)C1CCCC1. The number of allylic oxidation sites excluding steroid dienone is 2. The summed E-state index contributed by atoms with van der Waals surface area (Å²) >= 11 is 15.9. The van der Waals surface area contributed by atoms with Crippen LogP contribution in [0.15, 0.2) is 59.9 Å². The highest BCUT2D eigenvalue weighted by Crippen LogP contribution is 2.73. The molecule has 3 nitrogen and oxygen atoms in total. The second-order valence-electron chi connectivity index (χ2n) is 14.0. The Balaban J connectivity index is 1.60. The highest BCUT2D eigenvalue weighted by atomic mass is 35.5. The molecule has 4 aliphatic rings. The predicted molar refractivity (Wildman–Crippen MR) is 196 cm³/mol. The van der Waals surface area contributed by atoms with Gasteiger partial charge in [-0.25, -0.2) is 0 Å². The van der Waals surface area contributed by atoms with Gasteiger partial charge in [0, 0.05) is 23.5 Å². The molecule has 2 unspecified atom stereocenters. The molecule has 45 heavy (non-hydrogen) atoms. The minimum atomic E-state index is -0.502. The molecule has 3 aliphatic carbocycles. The number of benzene rings is 2. The maximum absolute atomic E-state index is 8.23. The van der Waals surface area contributed by atoms with E-state index in [4.69, 9.17) is 27.9 Å². The summed E-state index contributed by atoms with van der Waals surface area (Å²) in [5.41, 5.74) is 13.7. The van der Waals surface area contributed by atoms with Crippen molar-refractivity contribution in [1.82, 2.24) is 0 Å². The van der Waals surface area contributed by atoms with E-state index in [0.717, 1.165) is 23.4 Å². The molecule has 0 aromatic heterocycles. The van der Waals surface area contributed by atoms with Crippen LogP contribution >= 0.6 is 31.1 Å². The van der Waals surface area contributed by atoms with Crippen LogP contribution in [0.25, 0.3) is 0 Å². The largest absolute Gasteiger partial charge is 0.501 e. The fourth-order valence-corrected chi connectivity index (χ4v) is 15.2. The molecule has 6 heteroatoms. The van der Waals surface area contributed by atoms with Gasteiger partial charge in [-0.1, -0.05) is 69.0 Å². The number of rotatable bonds is 7. The molecular weight excluding hydrogens is 614 g/mol. The van der Waals surface area contributed by atoms with Crippen molar-refractivity contribution in [2.75, 3.05) is 16.4 Å². The quantitative estimate of drug-likeness (QED) is 0.166. The zero-order valence-corrected chi connectivity index (χ0v) is 30.8. The maximum atomic E-state index is 8.23. The molecule has 3 fully saturated rings. The van der Waals surface area contributed by atoms with Gasteiger partial charge in [0.05, 0.1) is 34.2 Å². The molecule has 2 atom stereocenters. The number of hydrogen-bond acceptors (Lipinski definition) is 3. The number of nitrogens with zero attached hydrogens (tertiary/aromatic N) is 2. The van der Waals surface area contributed by atoms with Crippen LogP contribution in [-0.4, -0.2) is 27.9 Å². The lowest BCUT2D eigenvalue weighted by molar-refractivity contribution is 0.266. The number of anilines is 2. The van der Waals surface area contributed by atoms with Gasteiger partial charge in [-0.15, -0.1) is 23.2 Å². The molecule has 0 radical (unpaired) electrons. The molecule has 1 heterocycles. The fraction of sp³-hybridized carbons (Fsp3) is 0.538. The van der Waals surface area contributed by atoms with Crippen LogP contribution in [0.2, 0.25) is 0 Å². The van der Waals surface area contributed by atoms with Crippen LogP contribution in [0, 0.1) is 41.5 Å². The normalized spacial score (nSPS) is 25.3. The van der Waals surface area contributed by atoms with Gasteiger partial charge < -0.3 is 14.5 Å². The zero-order chi connectivity index (χ0) is 32.0.